The maximum absolute atomic E-state index is 6.03. The minimum atomic E-state index is 0.365. The molecule has 1 saturated carbocycles. The Kier molecular flexibility index (Phi) is 3.85. The molecule has 1 aromatic heterocycles. The maximum Gasteiger partial charge on any atom is 0.258 e. The van der Waals surface area contributed by atoms with Crippen LogP contribution >= 0.6 is 23.2 Å². The molecule has 1 fully saturated rings. The number of rotatable bonds is 2. The van der Waals surface area contributed by atoms with Crippen molar-refractivity contribution in [1.82, 2.24) is 10.1 Å². The highest BCUT2D eigenvalue weighted by molar-refractivity contribution is 6.39. The molecule has 2 aromatic rings. The maximum atomic E-state index is 6.03. The molecular weight excluding hydrogens is 297 g/mol. The van der Waals surface area contributed by atoms with E-state index in [9.17, 15) is 0 Å². The van der Waals surface area contributed by atoms with Gasteiger partial charge in [-0.2, -0.15) is 4.98 Å². The van der Waals surface area contributed by atoms with Gasteiger partial charge in [-0.05, 0) is 25.0 Å². The molecule has 0 unspecified atom stereocenters. The van der Waals surface area contributed by atoms with Crippen LogP contribution in [0.15, 0.2) is 16.7 Å². The number of anilines is 1. The minimum Gasteiger partial charge on any atom is -0.396 e. The van der Waals surface area contributed by atoms with Crippen molar-refractivity contribution in [3.63, 3.8) is 0 Å². The van der Waals surface area contributed by atoms with Crippen molar-refractivity contribution in [2.24, 2.45) is 0 Å². The smallest absolute Gasteiger partial charge is 0.258 e. The summed E-state index contributed by atoms with van der Waals surface area (Å²) in [6.07, 6.45) is 6.01. The van der Waals surface area contributed by atoms with Crippen LogP contribution in [0.5, 0.6) is 0 Å². The van der Waals surface area contributed by atoms with Crippen molar-refractivity contribution < 1.29 is 4.52 Å². The van der Waals surface area contributed by atoms with Gasteiger partial charge in [0.15, 0.2) is 5.82 Å². The van der Waals surface area contributed by atoms with E-state index in [2.05, 4.69) is 10.1 Å². The fourth-order valence-electron chi connectivity index (χ4n) is 2.59. The van der Waals surface area contributed by atoms with E-state index in [1.165, 1.54) is 19.3 Å². The van der Waals surface area contributed by atoms with Gasteiger partial charge in [0.1, 0.15) is 0 Å². The quantitative estimate of drug-likeness (QED) is 0.818. The number of benzene rings is 1. The van der Waals surface area contributed by atoms with E-state index >= 15 is 0 Å². The van der Waals surface area contributed by atoms with E-state index in [4.69, 9.17) is 33.5 Å². The average molecular weight is 312 g/mol. The van der Waals surface area contributed by atoms with Gasteiger partial charge in [0.2, 0.25) is 0 Å². The van der Waals surface area contributed by atoms with Gasteiger partial charge in [-0.25, -0.2) is 0 Å². The first-order valence-electron chi connectivity index (χ1n) is 6.73. The third kappa shape index (κ3) is 2.63. The molecule has 0 aliphatic heterocycles. The normalized spacial score (nSPS) is 16.5. The highest BCUT2D eigenvalue weighted by Gasteiger charge is 2.21. The molecule has 2 N–H and O–H groups in total. The molecule has 20 heavy (non-hydrogen) atoms. The predicted molar refractivity (Wildman–Crippen MR) is 80.0 cm³/mol. The predicted octanol–water partition coefficient (Wildman–Crippen LogP) is 4.67. The molecule has 1 heterocycles. The van der Waals surface area contributed by atoms with Crippen molar-refractivity contribution in [2.75, 3.05) is 5.73 Å². The zero-order valence-electron chi connectivity index (χ0n) is 10.9. The number of aromatic nitrogens is 2. The van der Waals surface area contributed by atoms with Gasteiger partial charge < -0.3 is 10.3 Å². The lowest BCUT2D eigenvalue weighted by atomic mass is 9.89. The Morgan fingerprint density at radius 2 is 1.75 bits per heavy atom. The number of hydrogen-bond donors (Lipinski definition) is 1. The van der Waals surface area contributed by atoms with E-state index in [0.29, 0.717) is 33.1 Å². The third-order valence-corrected chi connectivity index (χ3v) is 4.36. The van der Waals surface area contributed by atoms with Crippen LogP contribution in [-0.4, -0.2) is 10.1 Å². The summed E-state index contributed by atoms with van der Waals surface area (Å²) in [6, 6.07) is 3.39. The Bertz CT molecular complexity index is 598. The molecule has 0 amide bonds. The molecule has 0 saturated heterocycles. The first kappa shape index (κ1) is 13.7. The highest BCUT2D eigenvalue weighted by Crippen LogP contribution is 2.35. The number of nitrogens with two attached hydrogens (primary N) is 1. The molecule has 0 bridgehead atoms. The fourth-order valence-corrected chi connectivity index (χ4v) is 3.07. The third-order valence-electron chi connectivity index (χ3n) is 3.74. The van der Waals surface area contributed by atoms with Crippen molar-refractivity contribution in [1.29, 1.82) is 0 Å². The van der Waals surface area contributed by atoms with Crippen molar-refractivity contribution in [3.05, 3.63) is 28.0 Å². The monoisotopic (exact) mass is 311 g/mol. The van der Waals surface area contributed by atoms with Crippen LogP contribution in [0.1, 0.15) is 43.8 Å². The molecule has 0 atom stereocenters. The Labute approximate surface area is 127 Å². The van der Waals surface area contributed by atoms with Crippen molar-refractivity contribution >= 4 is 28.9 Å². The average Bonchev–Trinajstić information content (AvgIpc) is 2.95. The standard InChI is InChI=1S/C14H15Cl2N3O/c15-10-6-9(7-11(16)12(10)17)14-18-13(19-20-14)8-4-2-1-3-5-8/h6-8H,1-5,17H2. The summed E-state index contributed by atoms with van der Waals surface area (Å²) in [7, 11) is 0. The molecule has 1 aromatic carbocycles. The van der Waals surface area contributed by atoms with Gasteiger partial charge in [0.25, 0.3) is 5.89 Å². The molecule has 4 nitrogen and oxygen atoms in total. The summed E-state index contributed by atoms with van der Waals surface area (Å²) in [6.45, 7) is 0. The van der Waals surface area contributed by atoms with E-state index in [1.54, 1.807) is 12.1 Å². The Morgan fingerprint density at radius 3 is 2.40 bits per heavy atom. The van der Waals surface area contributed by atoms with Crippen molar-refractivity contribution in [3.8, 4) is 11.5 Å². The molecule has 1 aliphatic carbocycles. The summed E-state index contributed by atoms with van der Waals surface area (Å²) in [4.78, 5) is 4.48. The lowest BCUT2D eigenvalue weighted by Crippen LogP contribution is -2.06. The van der Waals surface area contributed by atoms with Crippen LogP contribution in [0.3, 0.4) is 0 Å². The molecule has 106 valence electrons. The van der Waals surface area contributed by atoms with Crippen LogP contribution in [0, 0.1) is 0 Å². The van der Waals surface area contributed by atoms with Gasteiger partial charge in [-0.3, -0.25) is 0 Å². The summed E-state index contributed by atoms with van der Waals surface area (Å²) < 4.78 is 5.33. The Hall–Kier alpha value is -1.26. The van der Waals surface area contributed by atoms with Crippen LogP contribution in [0.2, 0.25) is 10.0 Å². The summed E-state index contributed by atoms with van der Waals surface area (Å²) in [5, 5.41) is 4.88. The zero-order chi connectivity index (χ0) is 14.1. The van der Waals surface area contributed by atoms with Gasteiger partial charge in [0.05, 0.1) is 15.7 Å². The largest absolute Gasteiger partial charge is 0.396 e. The molecular formula is C14H15Cl2N3O. The molecule has 0 spiro atoms. The highest BCUT2D eigenvalue weighted by atomic mass is 35.5. The second kappa shape index (κ2) is 5.62. The van der Waals surface area contributed by atoms with E-state index in [0.717, 1.165) is 18.7 Å². The van der Waals surface area contributed by atoms with Gasteiger partial charge >= 0.3 is 0 Å². The number of nitrogens with zero attached hydrogens (tertiary/aromatic N) is 2. The molecule has 3 rings (SSSR count). The summed E-state index contributed by atoms with van der Waals surface area (Å²) >= 11 is 12.1. The fraction of sp³-hybridized carbons (Fsp3) is 0.429. The van der Waals surface area contributed by atoms with E-state index < -0.39 is 0 Å². The zero-order valence-corrected chi connectivity index (χ0v) is 12.4. The van der Waals surface area contributed by atoms with Crippen LogP contribution in [-0.2, 0) is 0 Å². The van der Waals surface area contributed by atoms with Crippen LogP contribution in [0.4, 0.5) is 5.69 Å². The molecule has 0 radical (unpaired) electrons. The van der Waals surface area contributed by atoms with Crippen molar-refractivity contribution in [2.45, 2.75) is 38.0 Å². The van der Waals surface area contributed by atoms with Crippen LogP contribution < -0.4 is 5.73 Å². The SMILES string of the molecule is Nc1c(Cl)cc(-c2nc(C3CCCCC3)no2)cc1Cl. The molecule has 1 aliphatic rings. The van der Waals surface area contributed by atoms with Crippen LogP contribution in [0.25, 0.3) is 11.5 Å². The van der Waals surface area contributed by atoms with Gasteiger partial charge in [-0.15, -0.1) is 0 Å². The Morgan fingerprint density at radius 1 is 1.10 bits per heavy atom. The first-order valence-corrected chi connectivity index (χ1v) is 7.49. The lowest BCUT2D eigenvalue weighted by Gasteiger charge is -2.17. The lowest BCUT2D eigenvalue weighted by molar-refractivity contribution is 0.385. The Balaban J connectivity index is 1.89. The summed E-state index contributed by atoms with van der Waals surface area (Å²) in [5.74, 6) is 1.62. The topological polar surface area (TPSA) is 64.9 Å². The molecule has 6 heteroatoms. The first-order chi connectivity index (χ1) is 9.65. The van der Waals surface area contributed by atoms with E-state index in [1.807, 2.05) is 0 Å². The van der Waals surface area contributed by atoms with E-state index in [-0.39, 0.29) is 0 Å². The van der Waals surface area contributed by atoms with Gasteiger partial charge in [-0.1, -0.05) is 47.6 Å². The summed E-state index contributed by atoms with van der Waals surface area (Å²) in [5.41, 5.74) is 6.78. The number of nitrogen functional groups attached to an aromatic ring is 1. The van der Waals surface area contributed by atoms with Gasteiger partial charge in [0, 0.05) is 11.5 Å². The number of halogens is 2. The second-order valence-electron chi connectivity index (χ2n) is 5.15. The minimum absolute atomic E-state index is 0.365. The second-order valence-corrected chi connectivity index (χ2v) is 5.96. The number of hydrogen-bond acceptors (Lipinski definition) is 4.